The van der Waals surface area contributed by atoms with E-state index in [1.807, 2.05) is 0 Å². The molecule has 3 saturated carbocycles. The predicted octanol–water partition coefficient (Wildman–Crippen LogP) is 7.05. The summed E-state index contributed by atoms with van der Waals surface area (Å²) in [7, 11) is 0. The molecule has 162 valence electrons. The molecular weight excluding hydrogens is 356 g/mol. The molecule has 1 heterocycles. The number of rotatable bonds is 3. The van der Waals surface area contributed by atoms with Crippen LogP contribution in [0.25, 0.3) is 0 Å². The van der Waals surface area contributed by atoms with E-state index in [4.69, 9.17) is 9.47 Å². The SMILES string of the molecule is C=C(C)[C@H]1CC[C@H]2[C@@H]3CC=C4C[C@@H](OC5CCCCO5)CC[C@]4(C)[C@H]3CC[C@]12C. The average molecular weight is 399 g/mol. The molecule has 0 aromatic carbocycles. The minimum Gasteiger partial charge on any atom is -0.353 e. The molecule has 0 bridgehead atoms. The first kappa shape index (κ1) is 20.3. The van der Waals surface area contributed by atoms with E-state index in [0.717, 1.165) is 43.1 Å². The first-order chi connectivity index (χ1) is 13.9. The Labute approximate surface area is 178 Å². The van der Waals surface area contributed by atoms with Gasteiger partial charge in [0.05, 0.1) is 6.10 Å². The van der Waals surface area contributed by atoms with Crippen molar-refractivity contribution < 1.29 is 9.47 Å². The standard InChI is InChI=1S/C27H42O2/c1-18(2)22-10-11-23-21-9-8-19-17-20(29-25-7-5-6-16-28-25)12-14-26(19,3)24(21)13-15-27(22,23)4/h8,20-25H,1,5-7,9-17H2,2-4H3/t20-,21-,22+,23-,24-,25?,26-,27+/m0/s1. The summed E-state index contributed by atoms with van der Waals surface area (Å²) in [6.07, 6.45) is 17.3. The van der Waals surface area contributed by atoms with Crippen LogP contribution >= 0.6 is 0 Å². The highest BCUT2D eigenvalue weighted by atomic mass is 16.7. The summed E-state index contributed by atoms with van der Waals surface area (Å²) in [6, 6.07) is 0. The van der Waals surface area contributed by atoms with Crippen molar-refractivity contribution in [1.82, 2.24) is 0 Å². The Kier molecular flexibility index (Phi) is 5.27. The first-order valence-electron chi connectivity index (χ1n) is 12.5. The summed E-state index contributed by atoms with van der Waals surface area (Å²) in [4.78, 5) is 0. The molecule has 0 aromatic heterocycles. The molecule has 0 aromatic rings. The lowest BCUT2D eigenvalue weighted by molar-refractivity contribution is -0.195. The second-order valence-corrected chi connectivity index (χ2v) is 11.6. The Morgan fingerprint density at radius 3 is 2.69 bits per heavy atom. The van der Waals surface area contributed by atoms with Gasteiger partial charge in [-0.2, -0.15) is 0 Å². The lowest BCUT2D eigenvalue weighted by atomic mass is 9.47. The van der Waals surface area contributed by atoms with E-state index in [1.165, 1.54) is 63.4 Å². The van der Waals surface area contributed by atoms with Crippen LogP contribution in [-0.2, 0) is 9.47 Å². The number of hydrogen-bond acceptors (Lipinski definition) is 2. The van der Waals surface area contributed by atoms with Crippen LogP contribution in [0.1, 0.15) is 91.4 Å². The molecular formula is C27H42O2. The Morgan fingerprint density at radius 2 is 1.93 bits per heavy atom. The van der Waals surface area contributed by atoms with Crippen LogP contribution in [0.3, 0.4) is 0 Å². The second-order valence-electron chi connectivity index (χ2n) is 11.6. The highest BCUT2D eigenvalue weighted by Crippen LogP contribution is 2.67. The Bertz CT molecular complexity index is 674. The van der Waals surface area contributed by atoms with E-state index in [1.54, 1.807) is 5.57 Å². The molecule has 4 aliphatic carbocycles. The Morgan fingerprint density at radius 1 is 1.07 bits per heavy atom. The van der Waals surface area contributed by atoms with Crippen molar-refractivity contribution in [3.8, 4) is 0 Å². The van der Waals surface area contributed by atoms with Gasteiger partial charge < -0.3 is 9.47 Å². The summed E-state index contributed by atoms with van der Waals surface area (Å²) in [6.45, 7) is 12.8. The number of allylic oxidation sites excluding steroid dienone is 2. The van der Waals surface area contributed by atoms with Crippen LogP contribution in [0, 0.1) is 34.5 Å². The van der Waals surface area contributed by atoms with Gasteiger partial charge in [-0.05, 0) is 112 Å². The topological polar surface area (TPSA) is 18.5 Å². The summed E-state index contributed by atoms with van der Waals surface area (Å²) >= 11 is 0. The van der Waals surface area contributed by atoms with E-state index in [-0.39, 0.29) is 6.29 Å². The van der Waals surface area contributed by atoms with E-state index >= 15 is 0 Å². The molecule has 2 nitrogen and oxygen atoms in total. The summed E-state index contributed by atoms with van der Waals surface area (Å²) in [5, 5.41) is 0. The van der Waals surface area contributed by atoms with Crippen molar-refractivity contribution in [2.24, 2.45) is 34.5 Å². The van der Waals surface area contributed by atoms with Crippen molar-refractivity contribution in [2.75, 3.05) is 6.61 Å². The highest BCUT2D eigenvalue weighted by Gasteiger charge is 2.58. The average Bonchev–Trinajstić information content (AvgIpc) is 3.06. The molecule has 0 spiro atoms. The molecule has 1 unspecified atom stereocenters. The fourth-order valence-electron chi connectivity index (χ4n) is 8.59. The zero-order chi connectivity index (χ0) is 20.2. The minimum absolute atomic E-state index is 0.0583. The summed E-state index contributed by atoms with van der Waals surface area (Å²) in [5.74, 6) is 3.44. The molecule has 2 heteroatoms. The van der Waals surface area contributed by atoms with E-state index < -0.39 is 0 Å². The molecule has 8 atom stereocenters. The molecule has 5 rings (SSSR count). The van der Waals surface area contributed by atoms with Crippen molar-refractivity contribution in [1.29, 1.82) is 0 Å². The molecule has 29 heavy (non-hydrogen) atoms. The van der Waals surface area contributed by atoms with Crippen LogP contribution in [0.5, 0.6) is 0 Å². The van der Waals surface area contributed by atoms with Gasteiger partial charge in [0, 0.05) is 6.61 Å². The van der Waals surface area contributed by atoms with Crippen LogP contribution in [0.15, 0.2) is 23.8 Å². The normalized spacial score (nSPS) is 49.6. The quantitative estimate of drug-likeness (QED) is 0.474. The Hall–Kier alpha value is -0.600. The Balaban J connectivity index is 1.32. The zero-order valence-corrected chi connectivity index (χ0v) is 19.1. The van der Waals surface area contributed by atoms with E-state index in [9.17, 15) is 0 Å². The van der Waals surface area contributed by atoms with Gasteiger partial charge in [-0.3, -0.25) is 0 Å². The smallest absolute Gasteiger partial charge is 0.157 e. The molecule has 1 aliphatic heterocycles. The van der Waals surface area contributed by atoms with Crippen LogP contribution in [-0.4, -0.2) is 19.0 Å². The van der Waals surface area contributed by atoms with Crippen molar-refractivity contribution >= 4 is 0 Å². The van der Waals surface area contributed by atoms with Gasteiger partial charge in [-0.15, -0.1) is 0 Å². The van der Waals surface area contributed by atoms with Crippen LogP contribution in [0.4, 0.5) is 0 Å². The highest BCUT2D eigenvalue weighted by molar-refractivity contribution is 5.26. The number of hydrogen-bond donors (Lipinski definition) is 0. The van der Waals surface area contributed by atoms with Crippen molar-refractivity contribution in [3.63, 3.8) is 0 Å². The van der Waals surface area contributed by atoms with Gasteiger partial charge >= 0.3 is 0 Å². The minimum atomic E-state index is 0.0583. The zero-order valence-electron chi connectivity index (χ0n) is 19.1. The van der Waals surface area contributed by atoms with Crippen LogP contribution < -0.4 is 0 Å². The largest absolute Gasteiger partial charge is 0.353 e. The lowest BCUT2D eigenvalue weighted by Crippen LogP contribution is -2.50. The van der Waals surface area contributed by atoms with Gasteiger partial charge in [0.15, 0.2) is 6.29 Å². The maximum atomic E-state index is 6.42. The van der Waals surface area contributed by atoms with Crippen LogP contribution in [0.2, 0.25) is 0 Å². The van der Waals surface area contributed by atoms with Gasteiger partial charge in [0.2, 0.25) is 0 Å². The third-order valence-electron chi connectivity index (χ3n) is 10.1. The third-order valence-corrected chi connectivity index (χ3v) is 10.1. The van der Waals surface area contributed by atoms with Crippen molar-refractivity contribution in [2.45, 2.75) is 104 Å². The molecule has 4 fully saturated rings. The number of fused-ring (bicyclic) bond motifs is 5. The molecule has 0 radical (unpaired) electrons. The lowest BCUT2D eigenvalue weighted by Gasteiger charge is -2.58. The maximum absolute atomic E-state index is 6.42. The van der Waals surface area contributed by atoms with Crippen molar-refractivity contribution in [3.05, 3.63) is 23.8 Å². The van der Waals surface area contributed by atoms with E-state index in [2.05, 4.69) is 33.4 Å². The molecule has 1 saturated heterocycles. The third kappa shape index (κ3) is 3.28. The fourth-order valence-corrected chi connectivity index (χ4v) is 8.59. The fraction of sp³-hybridized carbons (Fsp3) is 0.852. The predicted molar refractivity (Wildman–Crippen MR) is 118 cm³/mol. The summed E-state index contributed by atoms with van der Waals surface area (Å²) < 4.78 is 12.3. The van der Waals surface area contributed by atoms with E-state index in [0.29, 0.717) is 16.9 Å². The monoisotopic (exact) mass is 398 g/mol. The molecule has 0 N–H and O–H groups in total. The van der Waals surface area contributed by atoms with Gasteiger partial charge in [-0.25, -0.2) is 0 Å². The first-order valence-corrected chi connectivity index (χ1v) is 12.5. The number of ether oxygens (including phenoxy) is 2. The van der Waals surface area contributed by atoms with Gasteiger partial charge in [0.25, 0.3) is 0 Å². The second kappa shape index (κ2) is 7.52. The maximum Gasteiger partial charge on any atom is 0.157 e. The molecule has 5 aliphatic rings. The molecule has 0 amide bonds. The van der Waals surface area contributed by atoms with Gasteiger partial charge in [0.1, 0.15) is 0 Å². The van der Waals surface area contributed by atoms with Gasteiger partial charge in [-0.1, -0.05) is 37.6 Å². The summed E-state index contributed by atoms with van der Waals surface area (Å²) in [5.41, 5.74) is 4.09.